The Hall–Kier alpha value is -2.20. The molecule has 1 heterocycles. The smallest absolute Gasteiger partial charge is 0.325 e. The van der Waals surface area contributed by atoms with Crippen LogP contribution in [-0.2, 0) is 16.1 Å². The second-order valence-corrected chi connectivity index (χ2v) is 7.68. The SMILES string of the molecule is CCOc1ccc2c(c1)sc(=NC(=O)c1ccccc1I)n2CC(=O)OC. The summed E-state index contributed by atoms with van der Waals surface area (Å²) in [6.07, 6.45) is 0. The molecule has 27 heavy (non-hydrogen) atoms. The summed E-state index contributed by atoms with van der Waals surface area (Å²) in [6.45, 7) is 2.45. The van der Waals surface area contributed by atoms with Gasteiger partial charge < -0.3 is 14.0 Å². The van der Waals surface area contributed by atoms with Crippen LogP contribution >= 0.6 is 33.9 Å². The number of esters is 1. The average molecular weight is 496 g/mol. The van der Waals surface area contributed by atoms with E-state index in [2.05, 4.69) is 27.6 Å². The Morgan fingerprint density at radius 1 is 1.22 bits per heavy atom. The first kappa shape index (κ1) is 19.6. The summed E-state index contributed by atoms with van der Waals surface area (Å²) in [5.41, 5.74) is 1.32. The van der Waals surface area contributed by atoms with E-state index in [4.69, 9.17) is 9.47 Å². The lowest BCUT2D eigenvalue weighted by Gasteiger charge is -2.05. The van der Waals surface area contributed by atoms with Crippen LogP contribution < -0.4 is 9.54 Å². The number of hydrogen-bond donors (Lipinski definition) is 0. The third-order valence-corrected chi connectivity index (χ3v) is 5.76. The van der Waals surface area contributed by atoms with Gasteiger partial charge in [-0.2, -0.15) is 4.99 Å². The van der Waals surface area contributed by atoms with Crippen LogP contribution in [0.25, 0.3) is 10.2 Å². The molecule has 0 saturated heterocycles. The molecule has 2 aromatic carbocycles. The molecule has 3 aromatic rings. The van der Waals surface area contributed by atoms with Crippen molar-refractivity contribution >= 4 is 56.0 Å². The highest BCUT2D eigenvalue weighted by atomic mass is 127. The molecule has 0 bridgehead atoms. The number of aromatic nitrogens is 1. The van der Waals surface area contributed by atoms with E-state index < -0.39 is 5.97 Å². The first-order valence-corrected chi connectivity index (χ1v) is 10.1. The van der Waals surface area contributed by atoms with Gasteiger partial charge in [0.05, 0.1) is 29.5 Å². The zero-order valence-electron chi connectivity index (χ0n) is 14.8. The van der Waals surface area contributed by atoms with E-state index in [0.717, 1.165) is 19.5 Å². The maximum Gasteiger partial charge on any atom is 0.325 e. The quantitative estimate of drug-likeness (QED) is 0.400. The second kappa shape index (κ2) is 8.66. The maximum atomic E-state index is 12.7. The van der Waals surface area contributed by atoms with Crippen molar-refractivity contribution in [2.45, 2.75) is 13.5 Å². The van der Waals surface area contributed by atoms with Crippen LogP contribution in [0.15, 0.2) is 47.5 Å². The predicted octanol–water partition coefficient (Wildman–Crippen LogP) is 3.62. The molecule has 0 radical (unpaired) electrons. The summed E-state index contributed by atoms with van der Waals surface area (Å²) >= 11 is 3.44. The minimum Gasteiger partial charge on any atom is -0.494 e. The van der Waals surface area contributed by atoms with Gasteiger partial charge in [0.25, 0.3) is 5.91 Å². The lowest BCUT2D eigenvalue weighted by atomic mass is 10.2. The summed E-state index contributed by atoms with van der Waals surface area (Å²) < 4.78 is 13.7. The molecular weight excluding hydrogens is 479 g/mol. The average Bonchev–Trinajstić information content (AvgIpc) is 2.98. The van der Waals surface area contributed by atoms with E-state index in [1.54, 1.807) is 16.7 Å². The topological polar surface area (TPSA) is 69.9 Å². The van der Waals surface area contributed by atoms with Gasteiger partial charge in [-0.1, -0.05) is 23.5 Å². The highest BCUT2D eigenvalue weighted by Crippen LogP contribution is 2.24. The molecule has 1 aromatic heterocycles. The van der Waals surface area contributed by atoms with Gasteiger partial charge in [0.1, 0.15) is 12.3 Å². The first-order valence-electron chi connectivity index (χ1n) is 8.20. The number of hydrogen-bond acceptors (Lipinski definition) is 5. The summed E-state index contributed by atoms with van der Waals surface area (Å²) in [6, 6.07) is 12.8. The molecule has 8 heteroatoms. The van der Waals surface area contributed by atoms with Crippen LogP contribution in [0.5, 0.6) is 5.75 Å². The van der Waals surface area contributed by atoms with Crippen LogP contribution in [0.2, 0.25) is 0 Å². The Morgan fingerprint density at radius 2 is 2.00 bits per heavy atom. The molecular formula is C19H17IN2O4S. The van der Waals surface area contributed by atoms with E-state index in [9.17, 15) is 9.59 Å². The van der Waals surface area contributed by atoms with Gasteiger partial charge in [-0.3, -0.25) is 9.59 Å². The molecule has 0 aliphatic heterocycles. The van der Waals surface area contributed by atoms with Crippen LogP contribution in [0.4, 0.5) is 0 Å². The zero-order valence-corrected chi connectivity index (χ0v) is 17.7. The number of benzene rings is 2. The van der Waals surface area contributed by atoms with Gasteiger partial charge in [0, 0.05) is 3.57 Å². The third-order valence-electron chi connectivity index (χ3n) is 3.78. The van der Waals surface area contributed by atoms with Crippen LogP contribution in [0.1, 0.15) is 17.3 Å². The molecule has 0 unspecified atom stereocenters. The molecule has 1 amide bonds. The fourth-order valence-electron chi connectivity index (χ4n) is 2.52. The van der Waals surface area contributed by atoms with Crippen molar-refractivity contribution in [2.24, 2.45) is 4.99 Å². The largest absolute Gasteiger partial charge is 0.494 e. The molecule has 140 valence electrons. The summed E-state index contributed by atoms with van der Waals surface area (Å²) in [5, 5.41) is 0. The third kappa shape index (κ3) is 4.38. The summed E-state index contributed by atoms with van der Waals surface area (Å²) in [5.74, 6) is -0.0334. The Balaban J connectivity index is 2.14. The minimum atomic E-state index is -0.410. The number of ether oxygens (including phenoxy) is 2. The normalized spacial score (nSPS) is 11.6. The second-order valence-electron chi connectivity index (χ2n) is 5.51. The van der Waals surface area contributed by atoms with Crippen LogP contribution in [0, 0.1) is 3.57 Å². The zero-order chi connectivity index (χ0) is 19.4. The van der Waals surface area contributed by atoms with E-state index in [-0.39, 0.29) is 12.5 Å². The predicted molar refractivity (Wildman–Crippen MR) is 112 cm³/mol. The fourth-order valence-corrected chi connectivity index (χ4v) is 4.20. The number of carbonyl (C=O) groups is 2. The number of amides is 1. The molecule has 0 aliphatic rings. The van der Waals surface area contributed by atoms with Crippen molar-refractivity contribution in [3.05, 3.63) is 56.4 Å². The monoisotopic (exact) mass is 496 g/mol. The number of nitrogens with zero attached hydrogens (tertiary/aromatic N) is 2. The first-order chi connectivity index (χ1) is 13.0. The molecule has 0 saturated carbocycles. The minimum absolute atomic E-state index is 0.0253. The number of carbonyl (C=O) groups excluding carboxylic acids is 2. The molecule has 0 fully saturated rings. The van der Waals surface area contributed by atoms with Gasteiger partial charge in [-0.15, -0.1) is 0 Å². The number of halogens is 1. The van der Waals surface area contributed by atoms with E-state index in [1.807, 2.05) is 37.3 Å². The van der Waals surface area contributed by atoms with Crippen molar-refractivity contribution in [1.82, 2.24) is 4.57 Å². The molecule has 0 spiro atoms. The Labute approximate surface area is 173 Å². The van der Waals surface area contributed by atoms with E-state index in [1.165, 1.54) is 18.4 Å². The highest BCUT2D eigenvalue weighted by Gasteiger charge is 2.14. The molecule has 6 nitrogen and oxygen atoms in total. The molecule has 0 atom stereocenters. The standard InChI is InChI=1S/C19H17IN2O4S/c1-3-26-12-8-9-15-16(10-12)27-19(22(15)11-17(23)25-2)21-18(24)13-6-4-5-7-14(13)20/h4-10H,3,11H2,1-2H3. The fraction of sp³-hybridized carbons (Fsp3) is 0.211. The maximum absolute atomic E-state index is 12.7. The van der Waals surface area contributed by atoms with Gasteiger partial charge in [0.15, 0.2) is 4.80 Å². The van der Waals surface area contributed by atoms with E-state index in [0.29, 0.717) is 17.0 Å². The Morgan fingerprint density at radius 3 is 2.70 bits per heavy atom. The van der Waals surface area contributed by atoms with Gasteiger partial charge in [-0.05, 0) is 59.8 Å². The van der Waals surface area contributed by atoms with E-state index >= 15 is 0 Å². The molecule has 0 aliphatic carbocycles. The summed E-state index contributed by atoms with van der Waals surface area (Å²) in [4.78, 5) is 29.3. The van der Waals surface area contributed by atoms with Crippen LogP contribution in [-0.4, -0.2) is 30.2 Å². The number of rotatable bonds is 5. The highest BCUT2D eigenvalue weighted by molar-refractivity contribution is 14.1. The van der Waals surface area contributed by atoms with Gasteiger partial charge >= 0.3 is 5.97 Å². The Bertz CT molecular complexity index is 1070. The van der Waals surface area contributed by atoms with Gasteiger partial charge in [0.2, 0.25) is 0 Å². The number of thiazole rings is 1. The lowest BCUT2D eigenvalue weighted by Crippen LogP contribution is -2.22. The number of methoxy groups -OCH3 is 1. The van der Waals surface area contributed by atoms with Crippen molar-refractivity contribution < 1.29 is 19.1 Å². The molecule has 0 N–H and O–H groups in total. The van der Waals surface area contributed by atoms with Gasteiger partial charge in [-0.25, -0.2) is 0 Å². The summed E-state index contributed by atoms with van der Waals surface area (Å²) in [7, 11) is 1.33. The lowest BCUT2D eigenvalue weighted by molar-refractivity contribution is -0.141. The van der Waals surface area contributed by atoms with Crippen molar-refractivity contribution in [3.8, 4) is 5.75 Å². The van der Waals surface area contributed by atoms with Crippen molar-refractivity contribution in [3.63, 3.8) is 0 Å². The van der Waals surface area contributed by atoms with Crippen molar-refractivity contribution in [2.75, 3.05) is 13.7 Å². The Kier molecular flexibility index (Phi) is 6.27. The van der Waals surface area contributed by atoms with Crippen LogP contribution in [0.3, 0.4) is 0 Å². The number of fused-ring (bicyclic) bond motifs is 1. The van der Waals surface area contributed by atoms with Crippen molar-refractivity contribution in [1.29, 1.82) is 0 Å². The molecule has 3 rings (SSSR count).